The SMILES string of the molecule is CC(C)c1cc(-c2ccccc2)cc(C(C)C)c1-n1c(-c2[c-]ccc3c2[te]c2cc(-c4ccccc4)ccc23)nc2ccccc21.C[Si](C)(C)c1ccc(-c2[c-]cc(F)cc2)nc1.[Ir]. The second-order valence-electron chi connectivity index (χ2n) is 17.8. The van der Waals surface area contributed by atoms with Crippen LogP contribution in [0.15, 0.2) is 164 Å². The number of imidazole rings is 1. The summed E-state index contributed by atoms with van der Waals surface area (Å²) in [5.74, 6) is 1.37. The van der Waals surface area contributed by atoms with Gasteiger partial charge in [0.2, 0.25) is 0 Å². The summed E-state index contributed by atoms with van der Waals surface area (Å²) in [5, 5.41) is 4.04. The number of benzene rings is 7. The van der Waals surface area contributed by atoms with Crippen LogP contribution < -0.4 is 5.19 Å². The Hall–Kier alpha value is -5.25. The molecule has 0 aliphatic carbocycles. The van der Waals surface area contributed by atoms with E-state index >= 15 is 0 Å². The van der Waals surface area contributed by atoms with E-state index in [2.05, 4.69) is 202 Å². The molecule has 0 aliphatic rings. The molecule has 0 bridgehead atoms. The number of pyridine rings is 1. The van der Waals surface area contributed by atoms with E-state index in [1.165, 1.54) is 74.0 Å². The third-order valence-electron chi connectivity index (χ3n) is 11.7. The van der Waals surface area contributed by atoms with Gasteiger partial charge in [0, 0.05) is 32.1 Å². The summed E-state index contributed by atoms with van der Waals surface area (Å²) < 4.78 is 18.2. The van der Waals surface area contributed by atoms with E-state index in [9.17, 15) is 4.39 Å². The van der Waals surface area contributed by atoms with Gasteiger partial charge in [-0.25, -0.2) is 0 Å². The van der Waals surface area contributed by atoms with Crippen molar-refractivity contribution in [3.8, 4) is 50.6 Å². The zero-order valence-corrected chi connectivity index (χ0v) is 42.9. The third kappa shape index (κ3) is 9.16. The number of para-hydroxylation sites is 2. The predicted molar refractivity (Wildman–Crippen MR) is 268 cm³/mol. The van der Waals surface area contributed by atoms with Crippen molar-refractivity contribution in [2.45, 2.75) is 59.2 Å². The number of rotatable bonds is 8. The van der Waals surface area contributed by atoms with E-state index in [1.807, 2.05) is 12.3 Å². The standard InChI is InChI=1S/C43H35N2Te.C14H15FNSi.Ir/c1-27(2)36-24-32(30-16-9-6-10-17-30)25-37(28(3)4)41(36)45-39-21-12-11-20-38(39)44-43(45)35-19-13-18-34-33-23-22-31(26-40(33)46-42(34)35)29-14-7-5-8-15-29;1-17(2,3)13-8-9-14(16-10-13)11-4-6-12(15)7-5-11;/h5-18,20-28H,1-4H3;4,6-10H,1-3H3;/q2*-1;. The number of aromatic nitrogens is 3. The molecule has 10 rings (SSSR count). The van der Waals surface area contributed by atoms with Crippen LogP contribution in [0.1, 0.15) is 50.7 Å². The zero-order valence-electron chi connectivity index (χ0n) is 37.2. The fourth-order valence-electron chi connectivity index (χ4n) is 8.32. The molecule has 0 aliphatic heterocycles. The van der Waals surface area contributed by atoms with Crippen molar-refractivity contribution in [2.75, 3.05) is 0 Å². The summed E-state index contributed by atoms with van der Waals surface area (Å²) in [4.78, 5) is 9.82. The van der Waals surface area contributed by atoms with E-state index in [0.717, 1.165) is 33.7 Å². The summed E-state index contributed by atoms with van der Waals surface area (Å²) >= 11 is -0.663. The Morgan fingerprint density at radius 1 is 0.641 bits per heavy atom. The molecule has 0 saturated heterocycles. The number of halogens is 1. The Balaban J connectivity index is 0.000000262. The van der Waals surface area contributed by atoms with Crippen LogP contribution in [0.3, 0.4) is 0 Å². The molecular weight excluding hydrogens is 1090 g/mol. The molecule has 7 heteroatoms. The van der Waals surface area contributed by atoms with Crippen LogP contribution in [-0.4, -0.2) is 43.0 Å². The van der Waals surface area contributed by atoms with Gasteiger partial charge in [-0.1, -0.05) is 31.8 Å². The molecule has 0 amide bonds. The summed E-state index contributed by atoms with van der Waals surface area (Å²) in [6.45, 7) is 16.1. The minimum Gasteiger partial charge on any atom is -0.305 e. The van der Waals surface area contributed by atoms with E-state index in [4.69, 9.17) is 4.98 Å². The molecular formula is C57H50FIrN3SiTe-2. The van der Waals surface area contributed by atoms with E-state index in [0.29, 0.717) is 11.8 Å². The van der Waals surface area contributed by atoms with Crippen LogP contribution in [0.2, 0.25) is 19.6 Å². The summed E-state index contributed by atoms with van der Waals surface area (Å²) in [6, 6.07) is 61.5. The molecule has 3 nitrogen and oxygen atoms in total. The van der Waals surface area contributed by atoms with Gasteiger partial charge in [0.15, 0.2) is 0 Å². The molecule has 0 N–H and O–H groups in total. The first-order valence-electron chi connectivity index (χ1n) is 21.7. The second kappa shape index (κ2) is 19.1. The first kappa shape index (κ1) is 45.3. The zero-order chi connectivity index (χ0) is 43.8. The van der Waals surface area contributed by atoms with Gasteiger partial charge in [-0.2, -0.15) is 0 Å². The fraction of sp³-hybridized carbons (Fsp3) is 0.158. The smallest absolute Gasteiger partial charge is 0.0795 e. The number of hydrogen-bond donors (Lipinski definition) is 0. The molecule has 64 heavy (non-hydrogen) atoms. The Morgan fingerprint density at radius 2 is 1.30 bits per heavy atom. The molecule has 0 saturated carbocycles. The topological polar surface area (TPSA) is 30.7 Å². The Morgan fingerprint density at radius 3 is 1.91 bits per heavy atom. The quantitative estimate of drug-likeness (QED) is 0.112. The molecule has 321 valence electrons. The molecule has 3 heterocycles. The third-order valence-corrected chi connectivity index (χ3v) is 17.2. The normalized spacial score (nSPS) is 11.6. The van der Waals surface area contributed by atoms with E-state index in [-0.39, 0.29) is 25.9 Å². The van der Waals surface area contributed by atoms with Gasteiger partial charge in [-0.15, -0.1) is 29.8 Å². The van der Waals surface area contributed by atoms with Gasteiger partial charge >= 0.3 is 282 Å². The van der Waals surface area contributed by atoms with Crippen molar-refractivity contribution < 1.29 is 24.5 Å². The average Bonchev–Trinajstić information content (AvgIpc) is 3.88. The molecule has 0 fully saturated rings. The maximum absolute atomic E-state index is 12.8. The van der Waals surface area contributed by atoms with Crippen LogP contribution in [-0.2, 0) is 20.1 Å². The first-order valence-corrected chi connectivity index (χ1v) is 27.6. The van der Waals surface area contributed by atoms with Crippen molar-refractivity contribution in [1.82, 2.24) is 14.5 Å². The summed E-state index contributed by atoms with van der Waals surface area (Å²) in [7, 11) is -1.30. The number of fused-ring (bicyclic) bond motifs is 4. The largest absolute Gasteiger partial charge is 0.305 e. The van der Waals surface area contributed by atoms with Crippen molar-refractivity contribution in [3.05, 3.63) is 193 Å². The second-order valence-corrected chi connectivity index (χ2v) is 25.9. The molecule has 0 unspecified atom stereocenters. The average molecular weight is 1140 g/mol. The summed E-state index contributed by atoms with van der Waals surface area (Å²) in [6.07, 6.45) is 1.93. The van der Waals surface area contributed by atoms with Crippen LogP contribution >= 0.6 is 0 Å². The Bertz CT molecular complexity index is 3180. The van der Waals surface area contributed by atoms with Gasteiger partial charge in [-0.05, 0) is 10.9 Å². The maximum Gasteiger partial charge on any atom is 0.0795 e. The van der Waals surface area contributed by atoms with Crippen molar-refractivity contribution in [3.63, 3.8) is 0 Å². The number of nitrogens with zero attached hydrogens (tertiary/aromatic N) is 3. The van der Waals surface area contributed by atoms with E-state index in [1.54, 1.807) is 6.07 Å². The number of hydrogen-bond acceptors (Lipinski definition) is 2. The van der Waals surface area contributed by atoms with Crippen molar-refractivity contribution in [1.29, 1.82) is 0 Å². The minimum absolute atomic E-state index is 0. The Labute approximate surface area is 401 Å². The molecule has 0 atom stereocenters. The van der Waals surface area contributed by atoms with Gasteiger partial charge in [-0.3, -0.25) is 4.39 Å². The fourth-order valence-corrected chi connectivity index (χ4v) is 12.9. The molecule has 1 radical (unpaired) electrons. The molecule has 0 spiro atoms. The monoisotopic (exact) mass is 1150 g/mol. The van der Waals surface area contributed by atoms with Crippen LogP contribution in [0.5, 0.6) is 0 Å². The van der Waals surface area contributed by atoms with Gasteiger partial charge in [0.25, 0.3) is 0 Å². The van der Waals surface area contributed by atoms with Crippen LogP contribution in [0.25, 0.3) is 79.2 Å². The Kier molecular flexibility index (Phi) is 13.5. The molecule has 7 aromatic carbocycles. The maximum atomic E-state index is 12.8. The minimum atomic E-state index is -1.30. The van der Waals surface area contributed by atoms with Gasteiger partial charge in [0.05, 0.1) is 8.07 Å². The van der Waals surface area contributed by atoms with Crippen molar-refractivity contribution in [2.24, 2.45) is 0 Å². The molecule has 3 aromatic heterocycles. The van der Waals surface area contributed by atoms with Crippen LogP contribution in [0.4, 0.5) is 4.39 Å². The van der Waals surface area contributed by atoms with Crippen molar-refractivity contribution >= 4 is 62.3 Å². The van der Waals surface area contributed by atoms with Gasteiger partial charge < -0.3 is 4.98 Å². The summed E-state index contributed by atoms with van der Waals surface area (Å²) in [5.41, 5.74) is 14.0. The van der Waals surface area contributed by atoms with Gasteiger partial charge in [0.1, 0.15) is 0 Å². The molecule has 10 aromatic rings. The predicted octanol–water partition coefficient (Wildman–Crippen LogP) is 14.7. The first-order chi connectivity index (χ1) is 30.4. The van der Waals surface area contributed by atoms with Crippen LogP contribution in [0, 0.1) is 17.9 Å². The van der Waals surface area contributed by atoms with E-state index < -0.39 is 28.5 Å².